The molecule has 0 radical (unpaired) electrons. The molecule has 0 amide bonds. The second-order valence-electron chi connectivity index (χ2n) is 6.40. The molecule has 7 heteroatoms. The summed E-state index contributed by atoms with van der Waals surface area (Å²) in [6, 6.07) is 14.3. The van der Waals surface area contributed by atoms with Crippen LogP contribution in [0.2, 0.25) is 0 Å². The smallest absolute Gasteiger partial charge is 0.141 e. The topological polar surface area (TPSA) is 84.3 Å². The first-order valence-corrected chi connectivity index (χ1v) is 8.89. The van der Waals surface area contributed by atoms with E-state index in [4.69, 9.17) is 5.10 Å². The molecule has 0 aliphatic rings. The van der Waals surface area contributed by atoms with Crippen molar-refractivity contribution in [3.05, 3.63) is 84.3 Å². The summed E-state index contributed by atoms with van der Waals surface area (Å²) in [5.74, 6) is 0.814. The summed E-state index contributed by atoms with van der Waals surface area (Å²) in [6.45, 7) is 3.45. The fourth-order valence-electron chi connectivity index (χ4n) is 2.97. The molecule has 0 saturated carbocycles. The third kappa shape index (κ3) is 4.09. The Balaban J connectivity index is 1.58. The summed E-state index contributed by atoms with van der Waals surface area (Å²) in [7, 11) is 0. The van der Waals surface area contributed by atoms with Gasteiger partial charge in [0.25, 0.3) is 0 Å². The van der Waals surface area contributed by atoms with Crippen LogP contribution in [0, 0.1) is 0 Å². The maximum absolute atomic E-state index is 4.82. The van der Waals surface area contributed by atoms with Gasteiger partial charge >= 0.3 is 0 Å². The fraction of sp³-hybridized carbons (Fsp3) is 0.200. The van der Waals surface area contributed by atoms with Gasteiger partial charge in [0.2, 0.25) is 0 Å². The summed E-state index contributed by atoms with van der Waals surface area (Å²) in [5, 5.41) is 15.1. The van der Waals surface area contributed by atoms with Gasteiger partial charge in [-0.25, -0.2) is 4.98 Å². The van der Waals surface area contributed by atoms with Gasteiger partial charge < -0.3 is 5.32 Å². The van der Waals surface area contributed by atoms with Gasteiger partial charge in [-0.05, 0) is 24.6 Å². The molecule has 27 heavy (non-hydrogen) atoms. The van der Waals surface area contributed by atoms with Crippen LogP contribution in [0.1, 0.15) is 29.9 Å². The van der Waals surface area contributed by atoms with E-state index in [0.29, 0.717) is 6.54 Å². The molecule has 1 aromatic carbocycles. The number of nitrogens with zero attached hydrogens (tertiary/aromatic N) is 5. The van der Waals surface area contributed by atoms with E-state index in [1.54, 1.807) is 6.20 Å². The lowest BCUT2D eigenvalue weighted by Gasteiger charge is -2.10. The molecular weight excluding hydrogens is 338 g/mol. The Hall–Kier alpha value is -3.32. The van der Waals surface area contributed by atoms with Crippen LogP contribution in [0.25, 0.3) is 11.3 Å². The van der Waals surface area contributed by atoms with E-state index in [-0.39, 0.29) is 6.04 Å². The highest BCUT2D eigenvalue weighted by Gasteiger charge is 2.14. The third-order valence-electron chi connectivity index (χ3n) is 4.40. The van der Waals surface area contributed by atoms with Crippen LogP contribution in [0.3, 0.4) is 0 Å². The fourth-order valence-corrected chi connectivity index (χ4v) is 2.97. The maximum Gasteiger partial charge on any atom is 0.141 e. The predicted octanol–water partition coefficient (Wildman–Crippen LogP) is 2.96. The zero-order valence-electron chi connectivity index (χ0n) is 15.1. The van der Waals surface area contributed by atoms with Crippen LogP contribution < -0.4 is 5.32 Å². The third-order valence-corrected chi connectivity index (χ3v) is 4.40. The van der Waals surface area contributed by atoms with Crippen LogP contribution >= 0.6 is 0 Å². The van der Waals surface area contributed by atoms with Crippen LogP contribution in [0.5, 0.6) is 0 Å². The van der Waals surface area contributed by atoms with Crippen molar-refractivity contribution in [2.24, 2.45) is 0 Å². The van der Waals surface area contributed by atoms with Gasteiger partial charge in [0.15, 0.2) is 0 Å². The zero-order chi connectivity index (χ0) is 18.5. The number of rotatable bonds is 7. The molecule has 0 aliphatic heterocycles. The Morgan fingerprint density at radius 2 is 2.04 bits per heavy atom. The van der Waals surface area contributed by atoms with Crippen molar-refractivity contribution >= 4 is 0 Å². The molecule has 3 aromatic heterocycles. The van der Waals surface area contributed by atoms with Gasteiger partial charge in [-0.2, -0.15) is 10.2 Å². The average molecular weight is 359 g/mol. The second-order valence-corrected chi connectivity index (χ2v) is 6.40. The molecule has 4 rings (SSSR count). The molecule has 1 unspecified atom stereocenters. The lowest BCUT2D eigenvalue weighted by Crippen LogP contribution is -2.19. The number of hydrogen-bond donors (Lipinski definition) is 2. The molecule has 0 fully saturated rings. The largest absolute Gasteiger partial charge is 0.303 e. The highest BCUT2D eigenvalue weighted by molar-refractivity contribution is 5.61. The average Bonchev–Trinajstić information content (AvgIpc) is 3.38. The molecule has 0 bridgehead atoms. The highest BCUT2D eigenvalue weighted by Crippen LogP contribution is 2.22. The van der Waals surface area contributed by atoms with Crippen molar-refractivity contribution in [3.63, 3.8) is 0 Å². The van der Waals surface area contributed by atoms with E-state index in [0.717, 1.165) is 29.2 Å². The maximum atomic E-state index is 4.82. The SMILES string of the molecule is CC(NCc1cn(Cc2ccccc2)nc1-c1cccnc1)c1ncn[nH]1. The monoisotopic (exact) mass is 359 g/mol. The minimum atomic E-state index is 0.0618. The number of pyridine rings is 1. The van der Waals surface area contributed by atoms with Crippen LogP contribution in [-0.2, 0) is 13.1 Å². The summed E-state index contributed by atoms with van der Waals surface area (Å²) in [4.78, 5) is 8.45. The van der Waals surface area contributed by atoms with E-state index in [1.807, 2.05) is 41.2 Å². The molecule has 1 atom stereocenters. The van der Waals surface area contributed by atoms with Crippen LogP contribution in [0.15, 0.2) is 67.4 Å². The Labute approximate surface area is 157 Å². The number of hydrogen-bond acceptors (Lipinski definition) is 5. The van der Waals surface area contributed by atoms with Crippen molar-refractivity contribution in [2.45, 2.75) is 26.1 Å². The van der Waals surface area contributed by atoms with E-state index in [2.05, 4.69) is 50.7 Å². The highest BCUT2D eigenvalue weighted by atomic mass is 15.3. The van der Waals surface area contributed by atoms with Gasteiger partial charge in [0.05, 0.1) is 18.3 Å². The first-order valence-electron chi connectivity index (χ1n) is 8.89. The number of aromatic nitrogens is 6. The molecule has 0 saturated heterocycles. The van der Waals surface area contributed by atoms with Crippen molar-refractivity contribution < 1.29 is 0 Å². The van der Waals surface area contributed by atoms with Gasteiger partial charge in [-0.3, -0.25) is 14.8 Å². The molecule has 3 heterocycles. The zero-order valence-corrected chi connectivity index (χ0v) is 15.1. The summed E-state index contributed by atoms with van der Waals surface area (Å²) < 4.78 is 1.98. The normalized spacial score (nSPS) is 12.2. The van der Waals surface area contributed by atoms with Crippen molar-refractivity contribution in [2.75, 3.05) is 0 Å². The molecule has 4 aromatic rings. The van der Waals surface area contributed by atoms with Gasteiger partial charge in [0.1, 0.15) is 12.2 Å². The molecule has 7 nitrogen and oxygen atoms in total. The summed E-state index contributed by atoms with van der Waals surface area (Å²) in [6.07, 6.45) is 7.23. The number of nitrogens with one attached hydrogen (secondary N) is 2. The molecule has 136 valence electrons. The predicted molar refractivity (Wildman–Crippen MR) is 103 cm³/mol. The Bertz CT molecular complexity index is 962. The van der Waals surface area contributed by atoms with E-state index < -0.39 is 0 Å². The van der Waals surface area contributed by atoms with Crippen LogP contribution in [0.4, 0.5) is 0 Å². The molecule has 0 aliphatic carbocycles. The Kier molecular flexibility index (Phi) is 5.02. The van der Waals surface area contributed by atoms with Gasteiger partial charge in [-0.1, -0.05) is 30.3 Å². The first-order chi connectivity index (χ1) is 13.3. The Morgan fingerprint density at radius 1 is 1.15 bits per heavy atom. The summed E-state index contributed by atoms with van der Waals surface area (Å²) in [5.41, 5.74) is 4.28. The lowest BCUT2D eigenvalue weighted by molar-refractivity contribution is 0.548. The first kappa shape index (κ1) is 17.1. The molecule has 2 N–H and O–H groups in total. The summed E-state index contributed by atoms with van der Waals surface area (Å²) >= 11 is 0. The molecular formula is C20H21N7. The Morgan fingerprint density at radius 3 is 2.78 bits per heavy atom. The number of benzene rings is 1. The van der Waals surface area contributed by atoms with Gasteiger partial charge in [0, 0.05) is 36.3 Å². The second kappa shape index (κ2) is 7.92. The number of aromatic amines is 1. The lowest BCUT2D eigenvalue weighted by atomic mass is 10.1. The quantitative estimate of drug-likeness (QED) is 0.530. The van der Waals surface area contributed by atoms with Crippen molar-refractivity contribution in [3.8, 4) is 11.3 Å². The minimum Gasteiger partial charge on any atom is -0.303 e. The van der Waals surface area contributed by atoms with Crippen molar-refractivity contribution in [1.29, 1.82) is 0 Å². The number of H-pyrrole nitrogens is 1. The standard InChI is InChI=1S/C20H21N7/c1-15(20-23-14-24-25-20)22-11-18-13-27(12-16-6-3-2-4-7-16)26-19(18)17-8-5-9-21-10-17/h2-10,13-15,22H,11-12H2,1H3,(H,23,24,25). The minimum absolute atomic E-state index is 0.0618. The van der Waals surface area contributed by atoms with Crippen molar-refractivity contribution in [1.82, 2.24) is 35.3 Å². The van der Waals surface area contributed by atoms with E-state index in [9.17, 15) is 0 Å². The van der Waals surface area contributed by atoms with Gasteiger partial charge in [-0.15, -0.1) is 0 Å². The van der Waals surface area contributed by atoms with E-state index >= 15 is 0 Å². The molecule has 0 spiro atoms. The van der Waals surface area contributed by atoms with E-state index in [1.165, 1.54) is 11.9 Å². The van der Waals surface area contributed by atoms with Crippen LogP contribution in [-0.4, -0.2) is 29.9 Å².